The fourth-order valence-corrected chi connectivity index (χ4v) is 1.97. The Hall–Kier alpha value is -2.07. The molecule has 1 heterocycles. The Balaban J connectivity index is 2.16. The first-order valence-corrected chi connectivity index (χ1v) is 6.81. The van der Waals surface area contributed by atoms with Crippen molar-refractivity contribution < 1.29 is 9.53 Å². The lowest BCUT2D eigenvalue weighted by Gasteiger charge is -2.11. The van der Waals surface area contributed by atoms with Crippen LogP contribution in [0, 0.1) is 0 Å². The number of alkyl halides is 1. The van der Waals surface area contributed by atoms with Crippen molar-refractivity contribution in [1.29, 1.82) is 0 Å². The third-order valence-corrected chi connectivity index (χ3v) is 2.97. The lowest BCUT2D eigenvalue weighted by Crippen LogP contribution is -2.12. The average Bonchev–Trinajstić information content (AvgIpc) is 2.50. The van der Waals surface area contributed by atoms with Gasteiger partial charge in [0.2, 0.25) is 0 Å². The van der Waals surface area contributed by atoms with Crippen LogP contribution in [-0.4, -0.2) is 17.5 Å². The Bertz CT molecular complexity index is 588. The summed E-state index contributed by atoms with van der Waals surface area (Å²) in [5.74, 6) is 0.857. The van der Waals surface area contributed by atoms with Gasteiger partial charge in [-0.2, -0.15) is 0 Å². The first-order chi connectivity index (χ1) is 9.74. The quantitative estimate of drug-likeness (QED) is 0.858. The van der Waals surface area contributed by atoms with Gasteiger partial charge in [0.25, 0.3) is 5.91 Å². The van der Waals surface area contributed by atoms with Gasteiger partial charge >= 0.3 is 0 Å². The van der Waals surface area contributed by atoms with Gasteiger partial charge in [-0.15, -0.1) is 11.6 Å². The minimum Gasteiger partial charge on any atom is -0.494 e. The summed E-state index contributed by atoms with van der Waals surface area (Å²) in [5.41, 5.74) is 2.03. The van der Waals surface area contributed by atoms with Crippen LogP contribution in [0.4, 0.5) is 5.69 Å². The molecule has 2 rings (SSSR count). The van der Waals surface area contributed by atoms with E-state index in [1.54, 1.807) is 30.5 Å². The van der Waals surface area contributed by atoms with Crippen LogP contribution >= 0.6 is 11.6 Å². The lowest BCUT2D eigenvalue weighted by atomic mass is 10.2. The van der Waals surface area contributed by atoms with E-state index in [2.05, 4.69) is 10.3 Å². The number of pyridine rings is 1. The molecular formula is C15H15ClN2O2. The van der Waals surface area contributed by atoms with Crippen LogP contribution < -0.4 is 10.1 Å². The highest BCUT2D eigenvalue weighted by Crippen LogP contribution is 2.24. The van der Waals surface area contributed by atoms with Crippen LogP contribution in [0.25, 0.3) is 0 Å². The molecule has 0 radical (unpaired) electrons. The van der Waals surface area contributed by atoms with E-state index in [0.29, 0.717) is 23.7 Å². The highest BCUT2D eigenvalue weighted by molar-refractivity contribution is 6.17. The normalized spacial score (nSPS) is 10.1. The Labute approximate surface area is 122 Å². The second-order valence-electron chi connectivity index (χ2n) is 4.08. The van der Waals surface area contributed by atoms with Crippen LogP contribution in [-0.2, 0) is 5.88 Å². The number of amides is 1. The molecule has 0 saturated carbocycles. The number of aromatic nitrogens is 1. The average molecular weight is 291 g/mol. The van der Waals surface area contributed by atoms with Crippen molar-refractivity contribution in [3.8, 4) is 5.75 Å². The molecule has 104 valence electrons. The molecule has 1 N–H and O–H groups in total. The van der Waals surface area contributed by atoms with Crippen molar-refractivity contribution >= 4 is 23.2 Å². The number of hydrogen-bond donors (Lipinski definition) is 1. The standard InChI is InChI=1S/C15H15ClN2O2/c1-2-20-14-6-5-13(8-12(14)9-16)18-15(19)11-4-3-7-17-10-11/h3-8,10H,2,9H2,1H3,(H,18,19). The largest absolute Gasteiger partial charge is 0.494 e. The molecule has 0 unspecified atom stereocenters. The third-order valence-electron chi connectivity index (χ3n) is 2.69. The molecule has 0 fully saturated rings. The van der Waals surface area contributed by atoms with Gasteiger partial charge in [-0.3, -0.25) is 9.78 Å². The van der Waals surface area contributed by atoms with Gasteiger partial charge in [0.1, 0.15) is 5.75 Å². The van der Waals surface area contributed by atoms with E-state index in [9.17, 15) is 4.79 Å². The molecule has 0 saturated heterocycles. The Kier molecular flexibility index (Phi) is 4.96. The molecule has 1 aromatic heterocycles. The van der Waals surface area contributed by atoms with Gasteiger partial charge in [0.15, 0.2) is 0 Å². The summed E-state index contributed by atoms with van der Waals surface area (Å²) in [7, 11) is 0. The zero-order valence-electron chi connectivity index (χ0n) is 11.1. The van der Waals surface area contributed by atoms with Gasteiger partial charge in [0.05, 0.1) is 18.1 Å². The summed E-state index contributed by atoms with van der Waals surface area (Å²) in [6.45, 7) is 2.49. The molecule has 0 bridgehead atoms. The summed E-state index contributed by atoms with van der Waals surface area (Å²) in [6.07, 6.45) is 3.14. The van der Waals surface area contributed by atoms with Gasteiger partial charge in [-0.1, -0.05) is 0 Å². The molecular weight excluding hydrogens is 276 g/mol. The Morgan fingerprint density at radius 1 is 1.40 bits per heavy atom. The maximum atomic E-state index is 12.0. The number of halogens is 1. The fourth-order valence-electron chi connectivity index (χ4n) is 1.76. The highest BCUT2D eigenvalue weighted by Gasteiger charge is 2.08. The molecule has 0 spiro atoms. The Morgan fingerprint density at radius 2 is 2.25 bits per heavy atom. The maximum Gasteiger partial charge on any atom is 0.257 e. The van der Waals surface area contributed by atoms with Crippen molar-refractivity contribution in [1.82, 2.24) is 4.98 Å². The second-order valence-corrected chi connectivity index (χ2v) is 4.35. The monoisotopic (exact) mass is 290 g/mol. The fraction of sp³-hybridized carbons (Fsp3) is 0.200. The molecule has 5 heteroatoms. The molecule has 0 atom stereocenters. The van der Waals surface area contributed by atoms with Crippen LogP contribution in [0.3, 0.4) is 0 Å². The molecule has 0 aliphatic rings. The number of anilines is 1. The molecule has 1 aromatic carbocycles. The van der Waals surface area contributed by atoms with Crippen molar-refractivity contribution in [2.24, 2.45) is 0 Å². The van der Waals surface area contributed by atoms with Crippen LogP contribution in [0.2, 0.25) is 0 Å². The number of ether oxygens (including phenoxy) is 1. The van der Waals surface area contributed by atoms with Crippen LogP contribution in [0.15, 0.2) is 42.7 Å². The predicted octanol–water partition coefficient (Wildman–Crippen LogP) is 3.47. The van der Waals surface area contributed by atoms with Crippen molar-refractivity contribution in [3.63, 3.8) is 0 Å². The summed E-state index contributed by atoms with van der Waals surface area (Å²) in [4.78, 5) is 15.9. The first kappa shape index (κ1) is 14.3. The molecule has 1 amide bonds. The minimum atomic E-state index is -0.206. The predicted molar refractivity (Wildman–Crippen MR) is 79.4 cm³/mol. The van der Waals surface area contributed by atoms with Gasteiger partial charge < -0.3 is 10.1 Å². The van der Waals surface area contributed by atoms with Crippen molar-refractivity contribution in [2.45, 2.75) is 12.8 Å². The summed E-state index contributed by atoms with van der Waals surface area (Å²) >= 11 is 5.89. The molecule has 0 aliphatic heterocycles. The first-order valence-electron chi connectivity index (χ1n) is 6.27. The zero-order valence-corrected chi connectivity index (χ0v) is 11.9. The van der Waals surface area contributed by atoms with Crippen LogP contribution in [0.1, 0.15) is 22.8 Å². The summed E-state index contributed by atoms with van der Waals surface area (Å²) in [5, 5.41) is 2.81. The zero-order chi connectivity index (χ0) is 14.4. The summed E-state index contributed by atoms with van der Waals surface area (Å²) in [6, 6.07) is 8.83. The number of nitrogens with zero attached hydrogens (tertiary/aromatic N) is 1. The van der Waals surface area contributed by atoms with E-state index in [4.69, 9.17) is 16.3 Å². The van der Waals surface area contributed by atoms with Gasteiger partial charge in [-0.05, 0) is 37.3 Å². The number of carbonyl (C=O) groups excluding carboxylic acids is 1. The maximum absolute atomic E-state index is 12.0. The Morgan fingerprint density at radius 3 is 2.90 bits per heavy atom. The van der Waals surface area contributed by atoms with E-state index in [-0.39, 0.29) is 5.91 Å². The smallest absolute Gasteiger partial charge is 0.257 e. The van der Waals surface area contributed by atoms with Crippen molar-refractivity contribution in [3.05, 3.63) is 53.9 Å². The SMILES string of the molecule is CCOc1ccc(NC(=O)c2cccnc2)cc1CCl. The minimum absolute atomic E-state index is 0.206. The van der Waals surface area contributed by atoms with E-state index < -0.39 is 0 Å². The second kappa shape index (κ2) is 6.91. The number of carbonyl (C=O) groups is 1. The molecule has 0 aliphatic carbocycles. The lowest BCUT2D eigenvalue weighted by molar-refractivity contribution is 0.102. The number of hydrogen-bond acceptors (Lipinski definition) is 3. The van der Waals surface area contributed by atoms with Gasteiger partial charge in [0, 0.05) is 23.6 Å². The number of benzene rings is 1. The van der Waals surface area contributed by atoms with E-state index in [0.717, 1.165) is 11.3 Å². The third kappa shape index (κ3) is 3.48. The van der Waals surface area contributed by atoms with Gasteiger partial charge in [-0.25, -0.2) is 0 Å². The number of rotatable bonds is 5. The highest BCUT2D eigenvalue weighted by atomic mass is 35.5. The van der Waals surface area contributed by atoms with E-state index in [1.807, 2.05) is 13.0 Å². The topological polar surface area (TPSA) is 51.2 Å². The summed E-state index contributed by atoms with van der Waals surface area (Å²) < 4.78 is 5.47. The molecule has 20 heavy (non-hydrogen) atoms. The van der Waals surface area contributed by atoms with E-state index in [1.165, 1.54) is 6.20 Å². The van der Waals surface area contributed by atoms with Crippen molar-refractivity contribution in [2.75, 3.05) is 11.9 Å². The van der Waals surface area contributed by atoms with E-state index >= 15 is 0 Å². The molecule has 4 nitrogen and oxygen atoms in total. The number of nitrogens with one attached hydrogen (secondary N) is 1. The molecule has 2 aromatic rings. The van der Waals surface area contributed by atoms with Crippen LogP contribution in [0.5, 0.6) is 5.75 Å².